The van der Waals surface area contributed by atoms with Crippen LogP contribution in [0.15, 0.2) is 42.5 Å². The molecular formula is C19H21N3O. The molecule has 0 spiro atoms. The third kappa shape index (κ3) is 3.83. The number of likely N-dealkylation sites (tertiary alicyclic amines) is 1. The molecule has 1 amide bonds. The van der Waals surface area contributed by atoms with Crippen LogP contribution in [0.4, 0.5) is 0 Å². The quantitative estimate of drug-likeness (QED) is 0.819. The van der Waals surface area contributed by atoms with Crippen LogP contribution in [0.25, 0.3) is 6.08 Å². The highest BCUT2D eigenvalue weighted by atomic mass is 16.2. The van der Waals surface area contributed by atoms with Gasteiger partial charge in [-0.15, -0.1) is 0 Å². The van der Waals surface area contributed by atoms with E-state index in [1.165, 1.54) is 0 Å². The molecule has 0 aliphatic carbocycles. The Hall–Kier alpha value is -2.49. The maximum Gasteiger partial charge on any atom is 0.246 e. The molecular weight excluding hydrogens is 286 g/mol. The molecule has 0 bridgehead atoms. The lowest BCUT2D eigenvalue weighted by atomic mass is 10.1. The molecule has 1 aromatic carbocycles. The fourth-order valence-corrected chi connectivity index (χ4v) is 2.94. The number of aromatic nitrogens is 2. The minimum atomic E-state index is 0.0562. The van der Waals surface area contributed by atoms with Crippen LogP contribution in [0, 0.1) is 13.8 Å². The van der Waals surface area contributed by atoms with Gasteiger partial charge in [0.2, 0.25) is 5.91 Å². The van der Waals surface area contributed by atoms with E-state index in [2.05, 4.69) is 9.97 Å². The smallest absolute Gasteiger partial charge is 0.246 e. The van der Waals surface area contributed by atoms with E-state index in [4.69, 9.17) is 0 Å². The summed E-state index contributed by atoms with van der Waals surface area (Å²) in [5.41, 5.74) is 3.01. The van der Waals surface area contributed by atoms with Crippen LogP contribution in [0.2, 0.25) is 0 Å². The first-order valence-electron chi connectivity index (χ1n) is 7.96. The number of carbonyl (C=O) groups is 1. The van der Waals surface area contributed by atoms with E-state index >= 15 is 0 Å². The van der Waals surface area contributed by atoms with Crippen molar-refractivity contribution >= 4 is 12.0 Å². The van der Waals surface area contributed by atoms with Gasteiger partial charge in [0, 0.05) is 36.5 Å². The normalized spacial score (nSPS) is 17.8. The van der Waals surface area contributed by atoms with Gasteiger partial charge < -0.3 is 4.90 Å². The van der Waals surface area contributed by atoms with Gasteiger partial charge in [-0.2, -0.15) is 0 Å². The van der Waals surface area contributed by atoms with Gasteiger partial charge in [0.25, 0.3) is 0 Å². The maximum absolute atomic E-state index is 12.3. The molecule has 1 unspecified atom stereocenters. The van der Waals surface area contributed by atoms with Crippen LogP contribution >= 0.6 is 0 Å². The number of rotatable bonds is 3. The Bertz CT molecular complexity index is 704. The zero-order valence-electron chi connectivity index (χ0n) is 13.6. The summed E-state index contributed by atoms with van der Waals surface area (Å²) in [6, 6.07) is 11.8. The third-order valence-electron chi connectivity index (χ3n) is 4.08. The topological polar surface area (TPSA) is 46.1 Å². The standard InChI is InChI=1S/C19H21N3O/c1-14-12-15(2)21-19(20-14)17-10-11-22(13-17)18(23)9-8-16-6-4-3-5-7-16/h3-9,12,17H,10-11,13H2,1-2H3/b9-8+. The van der Waals surface area contributed by atoms with Crippen molar-refractivity contribution in [3.05, 3.63) is 65.2 Å². The fraction of sp³-hybridized carbons (Fsp3) is 0.316. The Morgan fingerprint density at radius 1 is 1.17 bits per heavy atom. The van der Waals surface area contributed by atoms with Gasteiger partial charge in [-0.3, -0.25) is 4.79 Å². The largest absolute Gasteiger partial charge is 0.338 e. The summed E-state index contributed by atoms with van der Waals surface area (Å²) in [6.07, 6.45) is 4.44. The molecule has 3 rings (SSSR count). The Morgan fingerprint density at radius 3 is 2.57 bits per heavy atom. The lowest BCUT2D eigenvalue weighted by Gasteiger charge is -2.14. The highest BCUT2D eigenvalue weighted by Gasteiger charge is 2.28. The number of nitrogens with zero attached hydrogens (tertiary/aromatic N) is 3. The van der Waals surface area contributed by atoms with E-state index in [-0.39, 0.29) is 11.8 Å². The van der Waals surface area contributed by atoms with Gasteiger partial charge in [-0.25, -0.2) is 9.97 Å². The van der Waals surface area contributed by atoms with Gasteiger partial charge in [-0.1, -0.05) is 30.3 Å². The Labute approximate surface area is 136 Å². The van der Waals surface area contributed by atoms with Crippen molar-refractivity contribution in [1.29, 1.82) is 0 Å². The van der Waals surface area contributed by atoms with Crippen LogP contribution in [0.5, 0.6) is 0 Å². The first-order valence-corrected chi connectivity index (χ1v) is 7.96. The molecule has 1 aromatic heterocycles. The van der Waals surface area contributed by atoms with Gasteiger partial charge >= 0.3 is 0 Å². The van der Waals surface area contributed by atoms with Crippen LogP contribution in [0.1, 0.15) is 35.1 Å². The van der Waals surface area contributed by atoms with E-state index < -0.39 is 0 Å². The second-order valence-electron chi connectivity index (χ2n) is 6.02. The highest BCUT2D eigenvalue weighted by molar-refractivity contribution is 5.92. The van der Waals surface area contributed by atoms with Gasteiger partial charge in [0.15, 0.2) is 0 Å². The monoisotopic (exact) mass is 307 g/mol. The molecule has 118 valence electrons. The van der Waals surface area contributed by atoms with Gasteiger partial charge in [0.1, 0.15) is 5.82 Å². The summed E-state index contributed by atoms with van der Waals surface area (Å²) >= 11 is 0. The van der Waals surface area contributed by atoms with Crippen LogP contribution in [-0.4, -0.2) is 33.9 Å². The first kappa shape index (κ1) is 15.4. The van der Waals surface area contributed by atoms with Crippen LogP contribution in [-0.2, 0) is 4.79 Å². The minimum Gasteiger partial charge on any atom is -0.338 e. The van der Waals surface area contributed by atoms with Crippen LogP contribution in [0.3, 0.4) is 0 Å². The Balaban J connectivity index is 1.65. The average Bonchev–Trinajstić information content (AvgIpc) is 3.03. The second kappa shape index (κ2) is 6.73. The molecule has 0 saturated carbocycles. The predicted octanol–water partition coefficient (Wildman–Crippen LogP) is 3.12. The van der Waals surface area contributed by atoms with Crippen molar-refractivity contribution < 1.29 is 4.79 Å². The van der Waals surface area contributed by atoms with E-state index in [1.54, 1.807) is 6.08 Å². The van der Waals surface area contributed by atoms with Gasteiger partial charge in [-0.05, 0) is 38.0 Å². The average molecular weight is 307 g/mol. The third-order valence-corrected chi connectivity index (χ3v) is 4.08. The molecule has 4 heteroatoms. The fourth-order valence-electron chi connectivity index (χ4n) is 2.94. The lowest BCUT2D eigenvalue weighted by molar-refractivity contribution is -0.124. The highest BCUT2D eigenvalue weighted by Crippen LogP contribution is 2.25. The maximum atomic E-state index is 12.3. The minimum absolute atomic E-state index is 0.0562. The van der Waals surface area contributed by atoms with E-state index in [9.17, 15) is 4.79 Å². The summed E-state index contributed by atoms with van der Waals surface area (Å²) in [5.74, 6) is 1.16. The van der Waals surface area contributed by atoms with E-state index in [1.807, 2.05) is 61.2 Å². The summed E-state index contributed by atoms with van der Waals surface area (Å²) in [5, 5.41) is 0. The molecule has 1 saturated heterocycles. The number of carbonyl (C=O) groups excluding carboxylic acids is 1. The second-order valence-corrected chi connectivity index (χ2v) is 6.02. The van der Waals surface area contributed by atoms with Crippen molar-refractivity contribution in [1.82, 2.24) is 14.9 Å². The summed E-state index contributed by atoms with van der Waals surface area (Å²) in [7, 11) is 0. The summed E-state index contributed by atoms with van der Waals surface area (Å²) < 4.78 is 0. The summed E-state index contributed by atoms with van der Waals surface area (Å²) in [4.78, 5) is 23.3. The van der Waals surface area contributed by atoms with Crippen molar-refractivity contribution in [2.75, 3.05) is 13.1 Å². The van der Waals surface area contributed by atoms with Crippen molar-refractivity contribution in [3.63, 3.8) is 0 Å². The molecule has 1 aliphatic rings. The van der Waals surface area contributed by atoms with Crippen molar-refractivity contribution in [2.24, 2.45) is 0 Å². The van der Waals surface area contributed by atoms with Crippen LogP contribution < -0.4 is 0 Å². The summed E-state index contributed by atoms with van der Waals surface area (Å²) in [6.45, 7) is 5.43. The lowest BCUT2D eigenvalue weighted by Crippen LogP contribution is -2.26. The molecule has 0 N–H and O–H groups in total. The number of hydrogen-bond acceptors (Lipinski definition) is 3. The molecule has 23 heavy (non-hydrogen) atoms. The molecule has 2 heterocycles. The first-order chi connectivity index (χ1) is 11.1. The van der Waals surface area contributed by atoms with Crippen molar-refractivity contribution in [2.45, 2.75) is 26.2 Å². The Kier molecular flexibility index (Phi) is 4.51. The molecule has 0 radical (unpaired) electrons. The van der Waals surface area contributed by atoms with Crippen molar-refractivity contribution in [3.8, 4) is 0 Å². The molecule has 1 aliphatic heterocycles. The Morgan fingerprint density at radius 2 is 1.87 bits per heavy atom. The number of aryl methyl sites for hydroxylation is 2. The zero-order valence-corrected chi connectivity index (χ0v) is 13.6. The zero-order chi connectivity index (χ0) is 16.2. The number of benzene rings is 1. The molecule has 1 atom stereocenters. The molecule has 2 aromatic rings. The predicted molar refractivity (Wildman–Crippen MR) is 90.9 cm³/mol. The van der Waals surface area contributed by atoms with E-state index in [0.717, 1.165) is 35.7 Å². The van der Waals surface area contributed by atoms with Gasteiger partial charge in [0.05, 0.1) is 0 Å². The molecule has 1 fully saturated rings. The number of hydrogen-bond donors (Lipinski definition) is 0. The SMILES string of the molecule is Cc1cc(C)nc(C2CCN(C(=O)/C=C/c3ccccc3)C2)n1. The number of amides is 1. The van der Waals surface area contributed by atoms with E-state index in [0.29, 0.717) is 6.54 Å². The molecule has 4 nitrogen and oxygen atoms in total.